The number of hydrogen-bond donors (Lipinski definition) is 1. The van der Waals surface area contributed by atoms with Crippen molar-refractivity contribution in [2.75, 3.05) is 21.9 Å². The molecule has 0 atom stereocenters. The van der Waals surface area contributed by atoms with Gasteiger partial charge in [-0.15, -0.1) is 0 Å². The van der Waals surface area contributed by atoms with Crippen molar-refractivity contribution in [2.45, 2.75) is 13.3 Å². The molecule has 1 aromatic heterocycles. The molecule has 7 nitrogen and oxygen atoms in total. The third-order valence-electron chi connectivity index (χ3n) is 5.92. The molecule has 0 spiro atoms. The summed E-state index contributed by atoms with van der Waals surface area (Å²) >= 11 is 0. The van der Waals surface area contributed by atoms with Crippen molar-refractivity contribution in [1.29, 1.82) is 0 Å². The number of rotatable bonds is 4. The minimum Gasteiger partial charge on any atom is -0.455 e. The number of fused-ring (bicyclic) bond motifs is 1. The van der Waals surface area contributed by atoms with Gasteiger partial charge in [0.05, 0.1) is 22.4 Å². The standard InChI is InChI=1S/C26H22N2O5S/c1-17-23(29)21-12-6-13-22(25(21)33-24(17)18-8-3-2-4-9-18)26(30)27-19-10-5-11-20(16-19)28-14-7-15-34(28,31)32/h2-6,8-13,16H,7,14-15H2,1H3,(H,27,30). The van der Waals surface area contributed by atoms with E-state index in [0.717, 1.165) is 5.56 Å². The molecule has 1 aliphatic rings. The molecule has 0 aliphatic carbocycles. The number of nitrogens with zero attached hydrogens (tertiary/aromatic N) is 1. The van der Waals surface area contributed by atoms with Gasteiger partial charge in [-0.25, -0.2) is 8.42 Å². The summed E-state index contributed by atoms with van der Waals surface area (Å²) in [5.41, 5.74) is 2.38. The molecule has 0 unspecified atom stereocenters. The highest BCUT2D eigenvalue weighted by molar-refractivity contribution is 7.93. The zero-order chi connectivity index (χ0) is 23.9. The normalized spacial score (nSPS) is 14.9. The smallest absolute Gasteiger partial charge is 0.259 e. The van der Waals surface area contributed by atoms with Gasteiger partial charge in [0.2, 0.25) is 10.0 Å². The van der Waals surface area contributed by atoms with Gasteiger partial charge >= 0.3 is 0 Å². The van der Waals surface area contributed by atoms with Crippen LogP contribution in [0.25, 0.3) is 22.3 Å². The molecule has 172 valence electrons. The van der Waals surface area contributed by atoms with Gasteiger partial charge in [-0.2, -0.15) is 0 Å². The lowest BCUT2D eigenvalue weighted by Crippen LogP contribution is -2.25. The average molecular weight is 475 g/mol. The second-order valence-corrected chi connectivity index (χ2v) is 10.2. The van der Waals surface area contributed by atoms with E-state index in [-0.39, 0.29) is 22.3 Å². The number of amides is 1. The molecule has 0 saturated carbocycles. The topological polar surface area (TPSA) is 96.7 Å². The molecule has 34 heavy (non-hydrogen) atoms. The molecular formula is C26H22N2O5S. The van der Waals surface area contributed by atoms with E-state index in [1.165, 1.54) is 4.31 Å². The largest absolute Gasteiger partial charge is 0.455 e. The van der Waals surface area contributed by atoms with Crippen molar-refractivity contribution in [3.8, 4) is 11.3 Å². The predicted octanol–water partition coefficient (Wildman–Crippen LogP) is 4.56. The van der Waals surface area contributed by atoms with Crippen molar-refractivity contribution in [1.82, 2.24) is 0 Å². The first-order chi connectivity index (χ1) is 16.3. The first kappa shape index (κ1) is 21.9. The van der Waals surface area contributed by atoms with Crippen LogP contribution in [0.15, 0.2) is 82.0 Å². The second-order valence-electron chi connectivity index (χ2n) is 8.18. The van der Waals surface area contributed by atoms with Crippen LogP contribution >= 0.6 is 0 Å². The maximum Gasteiger partial charge on any atom is 0.259 e. The number of carbonyl (C=O) groups is 1. The lowest BCUT2D eigenvalue weighted by molar-refractivity contribution is 0.102. The van der Waals surface area contributed by atoms with Crippen LogP contribution in [-0.4, -0.2) is 26.6 Å². The number of anilines is 2. The van der Waals surface area contributed by atoms with Gasteiger partial charge in [-0.05, 0) is 43.7 Å². The molecule has 1 aliphatic heterocycles. The van der Waals surface area contributed by atoms with Gasteiger partial charge in [0.25, 0.3) is 5.91 Å². The first-order valence-corrected chi connectivity index (χ1v) is 12.5. The highest BCUT2D eigenvalue weighted by Gasteiger charge is 2.28. The Morgan fingerprint density at radius 1 is 1.00 bits per heavy atom. The molecule has 4 aromatic rings. The summed E-state index contributed by atoms with van der Waals surface area (Å²) in [6.07, 6.45) is 0.567. The van der Waals surface area contributed by atoms with E-state index in [1.54, 1.807) is 49.4 Å². The molecule has 3 aromatic carbocycles. The molecular weight excluding hydrogens is 452 g/mol. The summed E-state index contributed by atoms with van der Waals surface area (Å²) in [5, 5.41) is 3.13. The molecule has 2 heterocycles. The summed E-state index contributed by atoms with van der Waals surface area (Å²) < 4.78 is 32.0. The van der Waals surface area contributed by atoms with E-state index in [9.17, 15) is 18.0 Å². The van der Waals surface area contributed by atoms with E-state index < -0.39 is 15.9 Å². The molecule has 5 rings (SSSR count). The summed E-state index contributed by atoms with van der Waals surface area (Å²) in [6, 6.07) is 20.8. The van der Waals surface area contributed by atoms with Crippen LogP contribution in [0, 0.1) is 6.92 Å². The van der Waals surface area contributed by atoms with Crippen LogP contribution < -0.4 is 15.1 Å². The quantitative estimate of drug-likeness (QED) is 0.468. The van der Waals surface area contributed by atoms with Crippen molar-refractivity contribution < 1.29 is 17.6 Å². The fraction of sp³-hybridized carbons (Fsp3) is 0.154. The number of carbonyl (C=O) groups excluding carboxylic acids is 1. The summed E-state index contributed by atoms with van der Waals surface area (Å²) in [7, 11) is -3.34. The molecule has 0 radical (unpaired) electrons. The Kier molecular flexibility index (Phi) is 5.45. The maximum absolute atomic E-state index is 13.2. The SMILES string of the molecule is Cc1c(-c2ccccc2)oc2c(C(=O)Nc3cccc(N4CCCS4(=O)=O)c3)cccc2c1=O. The van der Waals surface area contributed by atoms with Crippen LogP contribution in [0.5, 0.6) is 0 Å². The third kappa shape index (κ3) is 3.86. The number of hydrogen-bond acceptors (Lipinski definition) is 5. The number of sulfonamides is 1. The van der Waals surface area contributed by atoms with E-state index in [2.05, 4.69) is 5.32 Å². The first-order valence-electron chi connectivity index (χ1n) is 10.9. The van der Waals surface area contributed by atoms with Crippen molar-refractivity contribution in [3.63, 3.8) is 0 Å². The Bertz CT molecular complexity index is 1580. The lowest BCUT2D eigenvalue weighted by Gasteiger charge is -2.18. The minimum atomic E-state index is -3.34. The Hall–Kier alpha value is -3.91. The molecule has 1 saturated heterocycles. The van der Waals surface area contributed by atoms with Gasteiger partial charge in [-0.1, -0.05) is 42.5 Å². The maximum atomic E-state index is 13.2. The lowest BCUT2D eigenvalue weighted by atomic mass is 10.0. The third-order valence-corrected chi connectivity index (χ3v) is 7.79. The highest BCUT2D eigenvalue weighted by Crippen LogP contribution is 2.29. The number of benzene rings is 3. The molecule has 8 heteroatoms. The van der Waals surface area contributed by atoms with Crippen LogP contribution in [0.1, 0.15) is 22.3 Å². The summed E-state index contributed by atoms with van der Waals surface area (Å²) in [4.78, 5) is 26.3. The Morgan fingerprint density at radius 2 is 1.76 bits per heavy atom. The van der Waals surface area contributed by atoms with E-state index in [1.807, 2.05) is 30.3 Å². The molecule has 1 fully saturated rings. The zero-order valence-electron chi connectivity index (χ0n) is 18.4. The van der Waals surface area contributed by atoms with Crippen LogP contribution in [0.2, 0.25) is 0 Å². The van der Waals surface area contributed by atoms with Crippen LogP contribution in [0.3, 0.4) is 0 Å². The molecule has 1 N–H and O–H groups in total. The Balaban J connectivity index is 1.54. The van der Waals surface area contributed by atoms with Gasteiger partial charge in [0, 0.05) is 23.4 Å². The number of nitrogens with one attached hydrogen (secondary N) is 1. The summed E-state index contributed by atoms with van der Waals surface area (Å²) in [6.45, 7) is 2.12. The van der Waals surface area contributed by atoms with Gasteiger partial charge in [0.15, 0.2) is 11.0 Å². The van der Waals surface area contributed by atoms with Gasteiger partial charge < -0.3 is 9.73 Å². The van der Waals surface area contributed by atoms with Crippen molar-refractivity contribution >= 4 is 38.3 Å². The van der Waals surface area contributed by atoms with E-state index in [0.29, 0.717) is 41.1 Å². The van der Waals surface area contributed by atoms with E-state index >= 15 is 0 Å². The fourth-order valence-electron chi connectivity index (χ4n) is 4.22. The minimum absolute atomic E-state index is 0.113. The zero-order valence-corrected chi connectivity index (χ0v) is 19.3. The number of para-hydroxylation sites is 1. The average Bonchev–Trinajstić information content (AvgIpc) is 3.20. The second kappa shape index (κ2) is 8.46. The van der Waals surface area contributed by atoms with Crippen molar-refractivity contribution in [2.24, 2.45) is 0 Å². The monoisotopic (exact) mass is 474 g/mol. The predicted molar refractivity (Wildman–Crippen MR) is 133 cm³/mol. The Labute approximate surface area is 196 Å². The van der Waals surface area contributed by atoms with Crippen molar-refractivity contribution in [3.05, 3.63) is 94.1 Å². The fourth-order valence-corrected chi connectivity index (χ4v) is 5.78. The van der Waals surface area contributed by atoms with E-state index in [4.69, 9.17) is 4.42 Å². The van der Waals surface area contributed by atoms with Crippen LogP contribution in [0.4, 0.5) is 11.4 Å². The highest BCUT2D eigenvalue weighted by atomic mass is 32.2. The van der Waals surface area contributed by atoms with Crippen LogP contribution in [-0.2, 0) is 10.0 Å². The molecule has 1 amide bonds. The van der Waals surface area contributed by atoms with Gasteiger partial charge in [0.1, 0.15) is 5.76 Å². The Morgan fingerprint density at radius 3 is 2.50 bits per heavy atom. The molecule has 0 bridgehead atoms. The van der Waals surface area contributed by atoms with Gasteiger partial charge in [-0.3, -0.25) is 13.9 Å². The summed E-state index contributed by atoms with van der Waals surface area (Å²) in [5.74, 6) is 0.0690.